The minimum Gasteiger partial charge on any atom is -0.361 e. The van der Waals surface area contributed by atoms with Crippen LogP contribution in [0.1, 0.15) is 0 Å². The SMILES string of the molecule is CN(C)C(=O)CNc1cc(NN)ncn1. The van der Waals surface area contributed by atoms with E-state index in [9.17, 15) is 4.79 Å². The zero-order valence-electron chi connectivity index (χ0n) is 8.69. The third-order valence-electron chi connectivity index (χ3n) is 1.73. The highest BCUT2D eigenvalue weighted by molar-refractivity contribution is 5.80. The van der Waals surface area contributed by atoms with Crippen LogP contribution in [0.15, 0.2) is 12.4 Å². The van der Waals surface area contributed by atoms with Crippen molar-refractivity contribution in [3.05, 3.63) is 12.4 Å². The van der Waals surface area contributed by atoms with E-state index in [2.05, 4.69) is 20.7 Å². The molecule has 1 heterocycles. The van der Waals surface area contributed by atoms with E-state index in [-0.39, 0.29) is 12.5 Å². The Kier molecular flexibility index (Phi) is 3.81. The van der Waals surface area contributed by atoms with Crippen molar-refractivity contribution in [1.29, 1.82) is 0 Å². The standard InChI is InChI=1S/C8H14N6O/c1-14(2)8(15)4-10-6-3-7(13-9)12-5-11-6/h3,5H,4,9H2,1-2H3,(H2,10,11,12,13). The minimum atomic E-state index is -0.0316. The van der Waals surface area contributed by atoms with Gasteiger partial charge in [-0.3, -0.25) is 4.79 Å². The first-order valence-corrected chi connectivity index (χ1v) is 4.36. The van der Waals surface area contributed by atoms with E-state index in [1.807, 2.05) is 0 Å². The van der Waals surface area contributed by atoms with Crippen molar-refractivity contribution in [2.75, 3.05) is 31.4 Å². The van der Waals surface area contributed by atoms with Gasteiger partial charge in [-0.2, -0.15) is 0 Å². The van der Waals surface area contributed by atoms with Gasteiger partial charge < -0.3 is 15.6 Å². The molecule has 1 aromatic rings. The molecule has 0 fully saturated rings. The summed E-state index contributed by atoms with van der Waals surface area (Å²) < 4.78 is 0. The molecule has 0 radical (unpaired) electrons. The zero-order valence-corrected chi connectivity index (χ0v) is 8.69. The van der Waals surface area contributed by atoms with Crippen molar-refractivity contribution in [1.82, 2.24) is 14.9 Å². The van der Waals surface area contributed by atoms with Crippen molar-refractivity contribution < 1.29 is 4.79 Å². The van der Waals surface area contributed by atoms with Gasteiger partial charge >= 0.3 is 0 Å². The van der Waals surface area contributed by atoms with E-state index in [0.29, 0.717) is 11.6 Å². The smallest absolute Gasteiger partial charge is 0.241 e. The third kappa shape index (κ3) is 3.39. The van der Waals surface area contributed by atoms with Crippen LogP contribution in [0.3, 0.4) is 0 Å². The first kappa shape index (κ1) is 11.2. The maximum atomic E-state index is 11.3. The number of carbonyl (C=O) groups excluding carboxylic acids is 1. The van der Waals surface area contributed by atoms with Gasteiger partial charge in [0.2, 0.25) is 5.91 Å². The molecule has 0 aliphatic carbocycles. The van der Waals surface area contributed by atoms with Crippen molar-refractivity contribution in [2.24, 2.45) is 5.84 Å². The largest absolute Gasteiger partial charge is 0.361 e. The summed E-state index contributed by atoms with van der Waals surface area (Å²) >= 11 is 0. The van der Waals surface area contributed by atoms with Gasteiger partial charge in [0, 0.05) is 20.2 Å². The molecule has 7 heteroatoms. The van der Waals surface area contributed by atoms with E-state index in [1.54, 1.807) is 20.2 Å². The van der Waals surface area contributed by atoms with Crippen LogP contribution in [-0.2, 0) is 4.79 Å². The van der Waals surface area contributed by atoms with Crippen LogP contribution < -0.4 is 16.6 Å². The normalized spacial score (nSPS) is 9.53. The van der Waals surface area contributed by atoms with Gasteiger partial charge in [-0.25, -0.2) is 15.8 Å². The maximum Gasteiger partial charge on any atom is 0.241 e. The van der Waals surface area contributed by atoms with E-state index < -0.39 is 0 Å². The highest BCUT2D eigenvalue weighted by Crippen LogP contribution is 2.06. The lowest BCUT2D eigenvalue weighted by Gasteiger charge is -2.11. The Morgan fingerprint density at radius 2 is 2.13 bits per heavy atom. The number of carbonyl (C=O) groups is 1. The Morgan fingerprint density at radius 3 is 2.73 bits per heavy atom. The number of nitrogens with one attached hydrogen (secondary N) is 2. The number of aromatic nitrogens is 2. The lowest BCUT2D eigenvalue weighted by Crippen LogP contribution is -2.28. The predicted octanol–water partition coefficient (Wildman–Crippen LogP) is -0.738. The zero-order chi connectivity index (χ0) is 11.3. The number of anilines is 2. The van der Waals surface area contributed by atoms with Crippen LogP contribution in [-0.4, -0.2) is 41.4 Å². The summed E-state index contributed by atoms with van der Waals surface area (Å²) in [5, 5.41) is 2.86. The highest BCUT2D eigenvalue weighted by atomic mass is 16.2. The van der Waals surface area contributed by atoms with Crippen LogP contribution in [0.2, 0.25) is 0 Å². The molecule has 0 spiro atoms. The second-order valence-electron chi connectivity index (χ2n) is 3.07. The minimum absolute atomic E-state index is 0.0316. The van der Waals surface area contributed by atoms with Crippen LogP contribution in [0.25, 0.3) is 0 Å². The lowest BCUT2D eigenvalue weighted by atomic mass is 10.5. The molecule has 0 bridgehead atoms. The third-order valence-corrected chi connectivity index (χ3v) is 1.73. The second kappa shape index (κ2) is 5.11. The molecular weight excluding hydrogens is 196 g/mol. The summed E-state index contributed by atoms with van der Waals surface area (Å²) in [7, 11) is 3.38. The van der Waals surface area contributed by atoms with Gasteiger partial charge in [0.05, 0.1) is 6.54 Å². The number of likely N-dealkylation sites (N-methyl/N-ethyl adjacent to an activating group) is 1. The van der Waals surface area contributed by atoms with Crippen molar-refractivity contribution >= 4 is 17.5 Å². The molecule has 1 aromatic heterocycles. The summed E-state index contributed by atoms with van der Waals surface area (Å²) in [6, 6.07) is 1.61. The fourth-order valence-corrected chi connectivity index (χ4v) is 0.857. The van der Waals surface area contributed by atoms with Crippen molar-refractivity contribution in [3.63, 3.8) is 0 Å². The van der Waals surface area contributed by atoms with E-state index in [0.717, 1.165) is 0 Å². The molecule has 1 amide bonds. The molecule has 0 atom stereocenters. The number of hydrogen-bond donors (Lipinski definition) is 3. The Balaban J connectivity index is 2.54. The number of rotatable bonds is 4. The Hall–Kier alpha value is -1.89. The molecule has 0 unspecified atom stereocenters. The molecule has 0 saturated carbocycles. The van der Waals surface area contributed by atoms with E-state index in [4.69, 9.17) is 5.84 Å². The van der Waals surface area contributed by atoms with Crippen molar-refractivity contribution in [2.45, 2.75) is 0 Å². The van der Waals surface area contributed by atoms with Crippen LogP contribution in [0, 0.1) is 0 Å². The molecule has 4 N–H and O–H groups in total. The molecule has 82 valence electrons. The van der Waals surface area contributed by atoms with Crippen LogP contribution >= 0.6 is 0 Å². The molecule has 1 rings (SSSR count). The molecular formula is C8H14N6O. The lowest BCUT2D eigenvalue weighted by molar-refractivity contribution is -0.126. The van der Waals surface area contributed by atoms with Crippen LogP contribution in [0.4, 0.5) is 11.6 Å². The Morgan fingerprint density at radius 1 is 1.47 bits per heavy atom. The number of nitrogens with two attached hydrogens (primary N) is 1. The average molecular weight is 210 g/mol. The second-order valence-corrected chi connectivity index (χ2v) is 3.07. The number of amides is 1. The highest BCUT2D eigenvalue weighted by Gasteiger charge is 2.03. The summed E-state index contributed by atoms with van der Waals surface area (Å²) in [6.07, 6.45) is 1.36. The molecule has 7 nitrogen and oxygen atoms in total. The molecule has 0 aliphatic rings. The Bertz CT molecular complexity index is 340. The summed E-state index contributed by atoms with van der Waals surface area (Å²) in [4.78, 5) is 20.5. The molecule has 0 aromatic carbocycles. The maximum absolute atomic E-state index is 11.3. The van der Waals surface area contributed by atoms with Gasteiger partial charge in [-0.05, 0) is 0 Å². The number of nitrogen functional groups attached to an aromatic ring is 1. The summed E-state index contributed by atoms with van der Waals surface area (Å²) in [5.74, 6) is 6.19. The van der Waals surface area contributed by atoms with Gasteiger partial charge in [0.25, 0.3) is 0 Å². The van der Waals surface area contributed by atoms with Gasteiger partial charge in [0.15, 0.2) is 0 Å². The number of hydrogen-bond acceptors (Lipinski definition) is 6. The quantitative estimate of drug-likeness (QED) is 0.447. The van der Waals surface area contributed by atoms with Gasteiger partial charge in [0.1, 0.15) is 18.0 Å². The topological polar surface area (TPSA) is 96.2 Å². The van der Waals surface area contributed by atoms with Crippen LogP contribution in [0.5, 0.6) is 0 Å². The fourth-order valence-electron chi connectivity index (χ4n) is 0.857. The molecule has 15 heavy (non-hydrogen) atoms. The first-order chi connectivity index (χ1) is 7.13. The Labute approximate surface area is 87.7 Å². The molecule has 0 aliphatic heterocycles. The monoisotopic (exact) mass is 210 g/mol. The van der Waals surface area contributed by atoms with E-state index >= 15 is 0 Å². The first-order valence-electron chi connectivity index (χ1n) is 4.36. The number of hydrazine groups is 1. The van der Waals surface area contributed by atoms with Gasteiger partial charge in [-0.15, -0.1) is 0 Å². The summed E-state index contributed by atoms with van der Waals surface area (Å²) in [5.41, 5.74) is 2.39. The average Bonchev–Trinajstić information content (AvgIpc) is 2.26. The van der Waals surface area contributed by atoms with E-state index in [1.165, 1.54) is 11.2 Å². The molecule has 0 saturated heterocycles. The predicted molar refractivity (Wildman–Crippen MR) is 57.0 cm³/mol. The fraction of sp³-hybridized carbons (Fsp3) is 0.375. The summed E-state index contributed by atoms with van der Waals surface area (Å²) in [6.45, 7) is 0.189. The van der Waals surface area contributed by atoms with Crippen molar-refractivity contribution in [3.8, 4) is 0 Å². The number of nitrogens with zero attached hydrogens (tertiary/aromatic N) is 3. The van der Waals surface area contributed by atoms with Gasteiger partial charge in [-0.1, -0.05) is 0 Å².